The van der Waals surface area contributed by atoms with Crippen LogP contribution in [0.15, 0.2) is 0 Å². The number of nitrogens with one attached hydrogen (secondary N) is 1. The van der Waals surface area contributed by atoms with Crippen molar-refractivity contribution in [2.45, 2.75) is 45.7 Å². The number of hydrogen-bond donors (Lipinski definition) is 1. The Kier molecular flexibility index (Phi) is 5.54. The van der Waals surface area contributed by atoms with E-state index in [4.69, 9.17) is 0 Å². The molecule has 2 nitrogen and oxygen atoms in total. The predicted octanol–water partition coefficient (Wildman–Crippen LogP) is 2.05. The SMILES string of the molecule is CC1CNC(CCN(CCF)C(C)C)C1. The Hall–Kier alpha value is -0.150. The predicted molar refractivity (Wildman–Crippen MR) is 62.9 cm³/mol. The minimum atomic E-state index is -0.229. The Balaban J connectivity index is 2.21. The Morgan fingerprint density at radius 1 is 1.40 bits per heavy atom. The molecule has 0 bridgehead atoms. The highest BCUT2D eigenvalue weighted by Gasteiger charge is 2.21. The molecule has 15 heavy (non-hydrogen) atoms. The van der Waals surface area contributed by atoms with E-state index in [-0.39, 0.29) is 6.67 Å². The van der Waals surface area contributed by atoms with Crippen molar-refractivity contribution in [2.75, 3.05) is 26.3 Å². The highest BCUT2D eigenvalue weighted by molar-refractivity contribution is 4.80. The maximum absolute atomic E-state index is 12.3. The van der Waals surface area contributed by atoms with Crippen molar-refractivity contribution in [1.29, 1.82) is 0 Å². The molecular weight excluding hydrogens is 191 g/mol. The lowest BCUT2D eigenvalue weighted by Gasteiger charge is -2.26. The summed E-state index contributed by atoms with van der Waals surface area (Å²) in [5.74, 6) is 0.809. The van der Waals surface area contributed by atoms with E-state index in [0.717, 1.165) is 25.4 Å². The maximum atomic E-state index is 12.3. The number of hydrogen-bond acceptors (Lipinski definition) is 2. The van der Waals surface area contributed by atoms with Gasteiger partial charge in [0, 0.05) is 18.6 Å². The standard InChI is InChI=1S/C12H25FN2/c1-10(2)15(7-5-13)6-4-12-8-11(3)9-14-12/h10-12,14H,4-9H2,1-3H3. The summed E-state index contributed by atoms with van der Waals surface area (Å²) in [6.45, 7) is 9.09. The van der Waals surface area contributed by atoms with Gasteiger partial charge in [0.15, 0.2) is 0 Å². The van der Waals surface area contributed by atoms with Crippen molar-refractivity contribution >= 4 is 0 Å². The van der Waals surface area contributed by atoms with Crippen molar-refractivity contribution in [3.63, 3.8) is 0 Å². The fourth-order valence-electron chi connectivity index (χ4n) is 2.30. The van der Waals surface area contributed by atoms with Gasteiger partial charge in [0.2, 0.25) is 0 Å². The van der Waals surface area contributed by atoms with E-state index in [1.165, 1.54) is 6.42 Å². The Morgan fingerprint density at radius 2 is 2.13 bits per heavy atom. The van der Waals surface area contributed by atoms with Crippen molar-refractivity contribution in [1.82, 2.24) is 10.2 Å². The molecule has 0 amide bonds. The van der Waals surface area contributed by atoms with E-state index in [0.29, 0.717) is 18.6 Å². The molecular formula is C12H25FN2. The van der Waals surface area contributed by atoms with Gasteiger partial charge in [0.05, 0.1) is 0 Å². The van der Waals surface area contributed by atoms with Crippen LogP contribution in [0, 0.1) is 5.92 Å². The fourth-order valence-corrected chi connectivity index (χ4v) is 2.30. The van der Waals surface area contributed by atoms with E-state index in [1.807, 2.05) is 0 Å². The molecule has 0 aromatic carbocycles. The highest BCUT2D eigenvalue weighted by atomic mass is 19.1. The Bertz CT molecular complexity index is 173. The molecule has 1 aliphatic rings. The zero-order valence-corrected chi connectivity index (χ0v) is 10.3. The summed E-state index contributed by atoms with van der Waals surface area (Å²) in [4.78, 5) is 2.23. The second-order valence-electron chi connectivity index (χ2n) is 5.05. The van der Waals surface area contributed by atoms with Gasteiger partial charge in [-0.3, -0.25) is 4.90 Å². The Labute approximate surface area is 93.2 Å². The summed E-state index contributed by atoms with van der Waals surface area (Å²) in [5.41, 5.74) is 0. The van der Waals surface area contributed by atoms with Gasteiger partial charge in [0.25, 0.3) is 0 Å². The normalized spacial score (nSPS) is 26.8. The monoisotopic (exact) mass is 216 g/mol. The lowest BCUT2D eigenvalue weighted by Crippen LogP contribution is -2.36. The molecule has 1 fully saturated rings. The summed E-state index contributed by atoms with van der Waals surface area (Å²) in [6.07, 6.45) is 2.43. The maximum Gasteiger partial charge on any atom is 0.102 e. The average molecular weight is 216 g/mol. The number of alkyl halides is 1. The van der Waals surface area contributed by atoms with Crippen molar-refractivity contribution in [3.8, 4) is 0 Å². The van der Waals surface area contributed by atoms with Gasteiger partial charge < -0.3 is 5.32 Å². The van der Waals surface area contributed by atoms with Crippen LogP contribution in [-0.4, -0.2) is 43.3 Å². The van der Waals surface area contributed by atoms with Crippen LogP contribution in [0.5, 0.6) is 0 Å². The molecule has 0 spiro atoms. The molecule has 0 aliphatic carbocycles. The van der Waals surface area contributed by atoms with Crippen LogP contribution in [0.1, 0.15) is 33.6 Å². The van der Waals surface area contributed by atoms with Gasteiger partial charge in [0.1, 0.15) is 6.67 Å². The second kappa shape index (κ2) is 6.44. The lowest BCUT2D eigenvalue weighted by molar-refractivity contribution is 0.194. The quantitative estimate of drug-likeness (QED) is 0.731. The van der Waals surface area contributed by atoms with Crippen LogP contribution in [0.2, 0.25) is 0 Å². The fraction of sp³-hybridized carbons (Fsp3) is 1.00. The first-order valence-electron chi connectivity index (χ1n) is 6.17. The topological polar surface area (TPSA) is 15.3 Å². The van der Waals surface area contributed by atoms with Crippen LogP contribution in [-0.2, 0) is 0 Å². The largest absolute Gasteiger partial charge is 0.314 e. The first-order chi connectivity index (χ1) is 7.13. The number of nitrogens with zero attached hydrogens (tertiary/aromatic N) is 1. The van der Waals surface area contributed by atoms with Gasteiger partial charge in [-0.2, -0.15) is 0 Å². The van der Waals surface area contributed by atoms with Crippen LogP contribution >= 0.6 is 0 Å². The first kappa shape index (κ1) is 12.9. The average Bonchev–Trinajstić information content (AvgIpc) is 2.58. The van der Waals surface area contributed by atoms with E-state index in [1.54, 1.807) is 0 Å². The highest BCUT2D eigenvalue weighted by Crippen LogP contribution is 2.16. The van der Waals surface area contributed by atoms with E-state index < -0.39 is 0 Å². The number of halogens is 1. The number of rotatable bonds is 6. The van der Waals surface area contributed by atoms with E-state index in [2.05, 4.69) is 31.0 Å². The van der Waals surface area contributed by atoms with Crippen LogP contribution < -0.4 is 5.32 Å². The molecule has 2 atom stereocenters. The van der Waals surface area contributed by atoms with Crippen molar-refractivity contribution in [3.05, 3.63) is 0 Å². The summed E-state index contributed by atoms with van der Waals surface area (Å²) in [6, 6.07) is 1.11. The van der Waals surface area contributed by atoms with Crippen LogP contribution in [0.25, 0.3) is 0 Å². The van der Waals surface area contributed by atoms with Gasteiger partial charge in [-0.05, 0) is 45.7 Å². The minimum Gasteiger partial charge on any atom is -0.314 e. The molecule has 0 saturated carbocycles. The minimum absolute atomic E-state index is 0.229. The third-order valence-electron chi connectivity index (χ3n) is 3.31. The van der Waals surface area contributed by atoms with E-state index >= 15 is 0 Å². The molecule has 1 aliphatic heterocycles. The van der Waals surface area contributed by atoms with E-state index in [9.17, 15) is 4.39 Å². The summed E-state index contributed by atoms with van der Waals surface area (Å²) < 4.78 is 12.3. The third-order valence-corrected chi connectivity index (χ3v) is 3.31. The second-order valence-corrected chi connectivity index (χ2v) is 5.05. The Morgan fingerprint density at radius 3 is 2.60 bits per heavy atom. The van der Waals surface area contributed by atoms with Gasteiger partial charge in [-0.15, -0.1) is 0 Å². The molecule has 3 heteroatoms. The molecule has 0 aromatic rings. The lowest BCUT2D eigenvalue weighted by atomic mass is 10.1. The molecule has 1 rings (SSSR count). The molecule has 0 radical (unpaired) electrons. The zero-order chi connectivity index (χ0) is 11.3. The molecule has 2 unspecified atom stereocenters. The smallest absolute Gasteiger partial charge is 0.102 e. The first-order valence-corrected chi connectivity index (χ1v) is 6.17. The molecule has 1 heterocycles. The van der Waals surface area contributed by atoms with Crippen molar-refractivity contribution < 1.29 is 4.39 Å². The third kappa shape index (κ3) is 4.47. The van der Waals surface area contributed by atoms with Crippen LogP contribution in [0.4, 0.5) is 4.39 Å². The van der Waals surface area contributed by atoms with Gasteiger partial charge in [-0.1, -0.05) is 6.92 Å². The summed E-state index contributed by atoms with van der Waals surface area (Å²) >= 11 is 0. The van der Waals surface area contributed by atoms with Crippen molar-refractivity contribution in [2.24, 2.45) is 5.92 Å². The molecule has 90 valence electrons. The summed E-state index contributed by atoms with van der Waals surface area (Å²) in [7, 11) is 0. The van der Waals surface area contributed by atoms with Gasteiger partial charge >= 0.3 is 0 Å². The molecule has 0 aromatic heterocycles. The zero-order valence-electron chi connectivity index (χ0n) is 10.3. The van der Waals surface area contributed by atoms with Crippen LogP contribution in [0.3, 0.4) is 0 Å². The molecule has 1 saturated heterocycles. The molecule has 1 N–H and O–H groups in total. The summed E-state index contributed by atoms with van der Waals surface area (Å²) in [5, 5.41) is 3.52. The van der Waals surface area contributed by atoms with Gasteiger partial charge in [-0.25, -0.2) is 4.39 Å².